The smallest absolute Gasteiger partial charge is 0.323 e. The lowest BCUT2D eigenvalue weighted by molar-refractivity contribution is -0.133. The topological polar surface area (TPSA) is 78.4 Å². The third-order valence-electron chi connectivity index (χ3n) is 4.88. The zero-order valence-corrected chi connectivity index (χ0v) is 16.5. The maximum absolute atomic E-state index is 13.3. The minimum Gasteiger partial charge on any atom is -0.340 e. The van der Waals surface area contributed by atoms with E-state index >= 15 is 0 Å². The number of carbonyl (C=O) groups is 2. The quantitative estimate of drug-likeness (QED) is 0.851. The van der Waals surface area contributed by atoms with Gasteiger partial charge in [-0.05, 0) is 18.6 Å². The summed E-state index contributed by atoms with van der Waals surface area (Å²) in [5.41, 5.74) is 0.541. The van der Waals surface area contributed by atoms with Crippen LogP contribution < -0.4 is 5.32 Å². The van der Waals surface area contributed by atoms with E-state index in [4.69, 9.17) is 0 Å². The minimum absolute atomic E-state index is 0.0757. The molecule has 1 fully saturated rings. The standard InChI is InChI=1S/C20H23F2N5O2/c1-12(2)19(28)27-5-4-16(11-27)26(3)20(29)25-18-10-23-17(9-24-18)13-6-14(21)8-15(22)7-13/h6-10,12,16H,4-5,11H2,1-3H3,(H,24,25,29)/t16-/m0/s1. The molecule has 1 N–H and O–H groups in total. The number of nitrogens with one attached hydrogen (secondary N) is 1. The second kappa shape index (κ2) is 8.50. The molecule has 3 amide bonds. The average molecular weight is 403 g/mol. The summed E-state index contributed by atoms with van der Waals surface area (Å²) in [7, 11) is 1.67. The summed E-state index contributed by atoms with van der Waals surface area (Å²) < 4.78 is 26.7. The number of carbonyl (C=O) groups excluding carboxylic acids is 2. The first kappa shape index (κ1) is 20.6. The maximum Gasteiger partial charge on any atom is 0.323 e. The van der Waals surface area contributed by atoms with Crippen molar-refractivity contribution in [2.75, 3.05) is 25.5 Å². The molecule has 154 valence electrons. The lowest BCUT2D eigenvalue weighted by atomic mass is 10.1. The highest BCUT2D eigenvalue weighted by molar-refractivity contribution is 5.88. The van der Waals surface area contributed by atoms with Gasteiger partial charge in [0.1, 0.15) is 11.6 Å². The van der Waals surface area contributed by atoms with E-state index in [2.05, 4.69) is 15.3 Å². The van der Waals surface area contributed by atoms with E-state index in [0.717, 1.165) is 18.2 Å². The van der Waals surface area contributed by atoms with E-state index in [9.17, 15) is 18.4 Å². The van der Waals surface area contributed by atoms with Gasteiger partial charge in [-0.3, -0.25) is 15.1 Å². The largest absolute Gasteiger partial charge is 0.340 e. The summed E-state index contributed by atoms with van der Waals surface area (Å²) in [5, 5.41) is 2.65. The molecule has 0 aliphatic carbocycles. The number of nitrogens with zero attached hydrogens (tertiary/aromatic N) is 4. The van der Waals surface area contributed by atoms with Crippen LogP contribution in [0, 0.1) is 17.6 Å². The maximum atomic E-state index is 13.3. The second-order valence-corrected chi connectivity index (χ2v) is 7.37. The predicted octanol–water partition coefficient (Wildman–Crippen LogP) is 3.14. The van der Waals surface area contributed by atoms with Crippen LogP contribution in [0.1, 0.15) is 20.3 Å². The van der Waals surface area contributed by atoms with Crippen LogP contribution >= 0.6 is 0 Å². The number of halogens is 2. The molecule has 0 spiro atoms. The van der Waals surface area contributed by atoms with E-state index in [1.807, 2.05) is 13.8 Å². The van der Waals surface area contributed by atoms with Gasteiger partial charge in [-0.2, -0.15) is 0 Å². The summed E-state index contributed by atoms with van der Waals surface area (Å²) in [4.78, 5) is 36.1. The third-order valence-corrected chi connectivity index (χ3v) is 4.88. The fraction of sp³-hybridized carbons (Fsp3) is 0.400. The van der Waals surface area contributed by atoms with Gasteiger partial charge < -0.3 is 9.80 Å². The van der Waals surface area contributed by atoms with Crippen molar-refractivity contribution in [3.63, 3.8) is 0 Å². The number of likely N-dealkylation sites (N-methyl/N-ethyl adjacent to an activating group) is 1. The number of anilines is 1. The van der Waals surface area contributed by atoms with Crippen molar-refractivity contribution in [2.45, 2.75) is 26.3 Å². The SMILES string of the molecule is CC(C)C(=O)N1CC[C@H](N(C)C(=O)Nc2cnc(-c3cc(F)cc(F)c3)cn2)C1. The number of aromatic nitrogens is 2. The molecular formula is C20H23F2N5O2. The van der Waals surface area contributed by atoms with E-state index in [0.29, 0.717) is 19.5 Å². The Balaban J connectivity index is 1.61. The molecule has 29 heavy (non-hydrogen) atoms. The molecule has 1 aromatic heterocycles. The van der Waals surface area contributed by atoms with E-state index in [1.165, 1.54) is 12.4 Å². The number of hydrogen-bond donors (Lipinski definition) is 1. The van der Waals surface area contributed by atoms with Gasteiger partial charge in [-0.25, -0.2) is 18.6 Å². The Morgan fingerprint density at radius 2 is 1.86 bits per heavy atom. The van der Waals surface area contributed by atoms with Crippen LogP contribution in [-0.2, 0) is 4.79 Å². The van der Waals surface area contributed by atoms with Crippen molar-refractivity contribution in [3.8, 4) is 11.3 Å². The third kappa shape index (κ3) is 4.85. The number of rotatable bonds is 4. The number of likely N-dealkylation sites (tertiary alicyclic amines) is 1. The zero-order valence-electron chi connectivity index (χ0n) is 16.5. The molecule has 0 bridgehead atoms. The molecule has 0 saturated carbocycles. The summed E-state index contributed by atoms with van der Waals surface area (Å²) in [5.74, 6) is -1.19. The van der Waals surface area contributed by atoms with Gasteiger partial charge in [0.25, 0.3) is 0 Å². The van der Waals surface area contributed by atoms with E-state index in [-0.39, 0.29) is 41.0 Å². The van der Waals surface area contributed by atoms with Crippen LogP contribution in [0.3, 0.4) is 0 Å². The Morgan fingerprint density at radius 1 is 1.17 bits per heavy atom. The summed E-state index contributed by atoms with van der Waals surface area (Å²) in [6.07, 6.45) is 3.37. The first-order chi connectivity index (χ1) is 13.7. The Bertz CT molecular complexity index is 884. The molecule has 1 saturated heterocycles. The van der Waals surface area contributed by atoms with Crippen molar-refractivity contribution in [1.29, 1.82) is 0 Å². The van der Waals surface area contributed by atoms with Gasteiger partial charge in [-0.15, -0.1) is 0 Å². The van der Waals surface area contributed by atoms with E-state index in [1.54, 1.807) is 16.8 Å². The number of benzene rings is 1. The predicted molar refractivity (Wildman–Crippen MR) is 104 cm³/mol. The van der Waals surface area contributed by atoms with Crippen molar-refractivity contribution < 1.29 is 18.4 Å². The lowest BCUT2D eigenvalue weighted by Crippen LogP contribution is -2.42. The molecule has 0 radical (unpaired) electrons. The number of hydrogen-bond acceptors (Lipinski definition) is 4. The highest BCUT2D eigenvalue weighted by Gasteiger charge is 2.31. The molecule has 0 unspecified atom stereocenters. The molecule has 9 heteroatoms. The van der Waals surface area contributed by atoms with Crippen LogP contribution in [-0.4, -0.2) is 57.9 Å². The Morgan fingerprint density at radius 3 is 2.45 bits per heavy atom. The van der Waals surface area contributed by atoms with Gasteiger partial charge in [0.05, 0.1) is 24.1 Å². The Labute approximate surface area is 167 Å². The molecule has 1 aromatic carbocycles. The molecule has 1 aliphatic heterocycles. The van der Waals surface area contributed by atoms with Crippen molar-refractivity contribution in [2.24, 2.45) is 5.92 Å². The zero-order chi connectivity index (χ0) is 21.1. The molecule has 1 atom stereocenters. The summed E-state index contributed by atoms with van der Waals surface area (Å²) in [6, 6.07) is 2.64. The fourth-order valence-electron chi connectivity index (χ4n) is 3.23. The van der Waals surface area contributed by atoms with Crippen LogP contribution in [0.4, 0.5) is 19.4 Å². The number of amides is 3. The average Bonchev–Trinajstić information content (AvgIpc) is 3.16. The van der Waals surface area contributed by atoms with E-state index < -0.39 is 11.6 Å². The van der Waals surface area contributed by atoms with Crippen LogP contribution in [0.2, 0.25) is 0 Å². The van der Waals surface area contributed by atoms with Crippen LogP contribution in [0.25, 0.3) is 11.3 Å². The second-order valence-electron chi connectivity index (χ2n) is 7.37. The number of urea groups is 1. The van der Waals surface area contributed by atoms with Gasteiger partial charge in [0.2, 0.25) is 5.91 Å². The van der Waals surface area contributed by atoms with Crippen molar-refractivity contribution in [3.05, 3.63) is 42.2 Å². The molecule has 7 nitrogen and oxygen atoms in total. The fourth-order valence-corrected chi connectivity index (χ4v) is 3.23. The first-order valence-electron chi connectivity index (χ1n) is 9.35. The van der Waals surface area contributed by atoms with Gasteiger partial charge in [0.15, 0.2) is 5.82 Å². The van der Waals surface area contributed by atoms with Crippen molar-refractivity contribution in [1.82, 2.24) is 19.8 Å². The monoisotopic (exact) mass is 403 g/mol. The Kier molecular flexibility index (Phi) is 6.05. The van der Waals surface area contributed by atoms with Crippen molar-refractivity contribution >= 4 is 17.8 Å². The highest BCUT2D eigenvalue weighted by atomic mass is 19.1. The molecule has 3 rings (SSSR count). The van der Waals surface area contributed by atoms with Gasteiger partial charge in [-0.1, -0.05) is 13.8 Å². The molecule has 2 heterocycles. The van der Waals surface area contributed by atoms with Crippen LogP contribution in [0.5, 0.6) is 0 Å². The summed E-state index contributed by atoms with van der Waals surface area (Å²) >= 11 is 0. The minimum atomic E-state index is -0.706. The summed E-state index contributed by atoms with van der Waals surface area (Å²) in [6.45, 7) is 4.83. The molecule has 2 aromatic rings. The Hall–Kier alpha value is -3.10. The highest BCUT2D eigenvalue weighted by Crippen LogP contribution is 2.20. The van der Waals surface area contributed by atoms with Gasteiger partial charge in [0, 0.05) is 37.7 Å². The first-order valence-corrected chi connectivity index (χ1v) is 9.35. The normalized spacial score (nSPS) is 16.2. The lowest BCUT2D eigenvalue weighted by Gasteiger charge is -2.25. The molecular weight excluding hydrogens is 380 g/mol. The van der Waals surface area contributed by atoms with Gasteiger partial charge >= 0.3 is 6.03 Å². The molecule has 1 aliphatic rings. The van der Waals surface area contributed by atoms with Crippen LogP contribution in [0.15, 0.2) is 30.6 Å².